The highest BCUT2D eigenvalue weighted by atomic mass is 32.2. The summed E-state index contributed by atoms with van der Waals surface area (Å²) < 4.78 is 17.9. The van der Waals surface area contributed by atoms with E-state index in [1.807, 2.05) is 11.5 Å². The molecule has 0 unspecified atom stereocenters. The van der Waals surface area contributed by atoms with E-state index in [2.05, 4.69) is 10.3 Å². The predicted octanol–water partition coefficient (Wildman–Crippen LogP) is 4.42. The molecule has 1 aromatic carbocycles. The van der Waals surface area contributed by atoms with Crippen molar-refractivity contribution in [2.24, 2.45) is 4.99 Å². The topological polar surface area (TPSA) is 142 Å². The summed E-state index contributed by atoms with van der Waals surface area (Å²) in [6.45, 7) is 9.72. The second-order valence-corrected chi connectivity index (χ2v) is 11.3. The van der Waals surface area contributed by atoms with Gasteiger partial charge < -0.3 is 24.1 Å². The molecule has 0 spiro atoms. The van der Waals surface area contributed by atoms with Gasteiger partial charge in [-0.1, -0.05) is 11.3 Å². The number of nitrogens with one attached hydrogen (secondary N) is 1. The number of carbonyl (C=O) groups excluding carboxylic acids is 5. The van der Waals surface area contributed by atoms with E-state index in [-0.39, 0.29) is 46.8 Å². The molecule has 0 aliphatic carbocycles. The van der Waals surface area contributed by atoms with Gasteiger partial charge >= 0.3 is 17.9 Å². The number of aromatic nitrogens is 1. The summed E-state index contributed by atoms with van der Waals surface area (Å²) >= 11 is 3.29. The van der Waals surface area contributed by atoms with Gasteiger partial charge in [0.05, 0.1) is 52.7 Å². The minimum Gasteiger partial charge on any atom is -0.462 e. The Hall–Kier alpha value is -3.49. The Labute approximate surface area is 248 Å². The number of aryl methyl sites for hydroxylation is 1. The molecule has 0 aliphatic heterocycles. The number of rotatable bonds is 12. The number of fused-ring (bicyclic) bond motifs is 1. The summed E-state index contributed by atoms with van der Waals surface area (Å²) in [5.41, 5.74) is 1.73. The van der Waals surface area contributed by atoms with Gasteiger partial charge in [-0.3, -0.25) is 9.59 Å². The zero-order valence-electron chi connectivity index (χ0n) is 23.4. The average molecular weight is 622 g/mol. The van der Waals surface area contributed by atoms with E-state index in [0.717, 1.165) is 33.3 Å². The Morgan fingerprint density at radius 1 is 0.902 bits per heavy atom. The van der Waals surface area contributed by atoms with E-state index in [0.29, 0.717) is 22.5 Å². The lowest BCUT2D eigenvalue weighted by atomic mass is 10.1. The van der Waals surface area contributed by atoms with Gasteiger partial charge in [-0.05, 0) is 58.4 Å². The Morgan fingerprint density at radius 2 is 1.56 bits per heavy atom. The molecule has 2 aromatic heterocycles. The molecule has 0 bridgehead atoms. The van der Waals surface area contributed by atoms with E-state index in [9.17, 15) is 24.0 Å². The van der Waals surface area contributed by atoms with Crippen molar-refractivity contribution in [3.05, 3.63) is 44.6 Å². The first-order valence-electron chi connectivity index (χ1n) is 12.9. The largest absolute Gasteiger partial charge is 0.462 e. The lowest BCUT2D eigenvalue weighted by molar-refractivity contribution is -0.115. The monoisotopic (exact) mass is 621 g/mol. The van der Waals surface area contributed by atoms with Crippen LogP contribution in [0.15, 0.2) is 23.2 Å². The Bertz CT molecular complexity index is 1540. The van der Waals surface area contributed by atoms with Gasteiger partial charge in [0.1, 0.15) is 9.88 Å². The van der Waals surface area contributed by atoms with Gasteiger partial charge in [-0.2, -0.15) is 4.99 Å². The summed E-state index contributed by atoms with van der Waals surface area (Å²) in [5, 5.41) is 2.84. The minimum absolute atomic E-state index is 0.0538. The number of esters is 3. The number of thiazole rings is 1. The van der Waals surface area contributed by atoms with Crippen LogP contribution < -0.4 is 10.1 Å². The van der Waals surface area contributed by atoms with Crippen molar-refractivity contribution in [2.45, 2.75) is 41.2 Å². The molecule has 41 heavy (non-hydrogen) atoms. The van der Waals surface area contributed by atoms with Gasteiger partial charge in [-0.15, -0.1) is 23.1 Å². The molecule has 3 aromatic rings. The Morgan fingerprint density at radius 3 is 2.22 bits per heavy atom. The van der Waals surface area contributed by atoms with Crippen molar-refractivity contribution in [3.63, 3.8) is 0 Å². The third kappa shape index (κ3) is 7.83. The smallest absolute Gasteiger partial charge is 0.348 e. The number of carbonyl (C=O) groups is 5. The molecule has 2 amide bonds. The molecule has 14 heteroatoms. The first-order chi connectivity index (χ1) is 19.6. The van der Waals surface area contributed by atoms with Crippen LogP contribution in [0, 0.1) is 6.92 Å². The van der Waals surface area contributed by atoms with E-state index in [1.165, 1.54) is 11.3 Å². The zero-order valence-corrected chi connectivity index (χ0v) is 25.8. The first-order valence-corrected chi connectivity index (χ1v) is 15.7. The number of thioether (sulfide) groups is 1. The van der Waals surface area contributed by atoms with Crippen LogP contribution in [0.3, 0.4) is 0 Å². The third-order valence-corrected chi connectivity index (χ3v) is 8.68. The molecule has 0 atom stereocenters. The number of nitrogens with zero attached hydrogens (tertiary/aromatic N) is 2. The normalized spacial score (nSPS) is 11.4. The number of amides is 2. The van der Waals surface area contributed by atoms with E-state index in [1.54, 1.807) is 45.9 Å². The molecular weight excluding hydrogens is 591 g/mol. The maximum atomic E-state index is 12.7. The zero-order chi connectivity index (χ0) is 30.1. The van der Waals surface area contributed by atoms with Crippen LogP contribution in [0.4, 0.5) is 5.00 Å². The maximum Gasteiger partial charge on any atom is 0.348 e. The Kier molecular flexibility index (Phi) is 11.7. The highest BCUT2D eigenvalue weighted by Crippen LogP contribution is 2.34. The number of hydrogen-bond acceptors (Lipinski definition) is 11. The van der Waals surface area contributed by atoms with Crippen LogP contribution in [0.5, 0.6) is 0 Å². The van der Waals surface area contributed by atoms with Crippen LogP contribution >= 0.6 is 34.4 Å². The maximum absolute atomic E-state index is 12.7. The van der Waals surface area contributed by atoms with Gasteiger partial charge in [0, 0.05) is 6.54 Å². The molecule has 0 radical (unpaired) electrons. The van der Waals surface area contributed by atoms with Gasteiger partial charge in [0.15, 0.2) is 4.80 Å². The molecular formula is C27H31N3O8S3. The second kappa shape index (κ2) is 14.9. The van der Waals surface area contributed by atoms with Crippen molar-refractivity contribution >= 4 is 79.4 Å². The molecule has 0 aliphatic rings. The summed E-state index contributed by atoms with van der Waals surface area (Å²) in [6, 6.07) is 5.20. The summed E-state index contributed by atoms with van der Waals surface area (Å²) in [5.74, 6) is -2.69. The van der Waals surface area contributed by atoms with Crippen molar-refractivity contribution in [1.82, 2.24) is 4.57 Å². The van der Waals surface area contributed by atoms with Crippen molar-refractivity contribution < 1.29 is 38.2 Å². The second-order valence-electron chi connectivity index (χ2n) is 8.28. The molecule has 1 N–H and O–H groups in total. The fourth-order valence-corrected chi connectivity index (χ4v) is 6.63. The quantitative estimate of drug-likeness (QED) is 0.230. The molecule has 0 saturated heterocycles. The number of ether oxygens (including phenoxy) is 3. The summed E-state index contributed by atoms with van der Waals surface area (Å²) in [7, 11) is 0. The molecule has 0 fully saturated rings. The minimum atomic E-state index is -0.657. The molecule has 3 rings (SSSR count). The average Bonchev–Trinajstić information content (AvgIpc) is 3.44. The molecule has 0 saturated carbocycles. The number of thiophene rings is 1. The van der Waals surface area contributed by atoms with Crippen LogP contribution in [-0.4, -0.2) is 65.6 Å². The predicted molar refractivity (Wildman–Crippen MR) is 159 cm³/mol. The van der Waals surface area contributed by atoms with E-state index >= 15 is 0 Å². The third-order valence-electron chi connectivity index (χ3n) is 5.53. The van der Waals surface area contributed by atoms with E-state index in [4.69, 9.17) is 14.2 Å². The molecule has 2 heterocycles. The summed E-state index contributed by atoms with van der Waals surface area (Å²) in [4.78, 5) is 67.2. The number of anilines is 1. The van der Waals surface area contributed by atoms with Crippen molar-refractivity contribution in [1.29, 1.82) is 0 Å². The van der Waals surface area contributed by atoms with Crippen LogP contribution in [0.25, 0.3) is 10.2 Å². The first kappa shape index (κ1) is 32.0. The fraction of sp³-hybridized carbons (Fsp3) is 0.407. The van der Waals surface area contributed by atoms with Crippen LogP contribution in [-0.2, 0) is 30.3 Å². The number of hydrogen-bond donors (Lipinski definition) is 1. The van der Waals surface area contributed by atoms with Crippen molar-refractivity contribution in [2.75, 3.05) is 36.6 Å². The fourth-order valence-electron chi connectivity index (χ4n) is 3.78. The van der Waals surface area contributed by atoms with Crippen LogP contribution in [0.1, 0.15) is 63.6 Å². The lowest BCUT2D eigenvalue weighted by Gasteiger charge is -2.07. The lowest BCUT2D eigenvalue weighted by Crippen LogP contribution is -2.18. The standard InChI is InChI=1S/C27H31N3O8S3/c1-6-30-17-11-10-16(24(33)36-7-2)12-18(17)40-27(30)29-20(32)14-39-13-19(31)28-23-21(25(34)37-8-3)15(5)22(41-23)26(35)38-9-4/h10-12H,6-9,13-14H2,1-5H3,(H,28,31). The molecule has 220 valence electrons. The molecule has 11 nitrogen and oxygen atoms in total. The highest BCUT2D eigenvalue weighted by molar-refractivity contribution is 8.00. The van der Waals surface area contributed by atoms with Gasteiger partial charge in [-0.25, -0.2) is 14.4 Å². The van der Waals surface area contributed by atoms with Gasteiger partial charge in [0.25, 0.3) is 5.91 Å². The number of benzene rings is 1. The highest BCUT2D eigenvalue weighted by Gasteiger charge is 2.27. The van der Waals surface area contributed by atoms with E-state index < -0.39 is 29.7 Å². The Balaban J connectivity index is 1.70. The summed E-state index contributed by atoms with van der Waals surface area (Å²) in [6.07, 6.45) is 0. The van der Waals surface area contributed by atoms with Crippen LogP contribution in [0.2, 0.25) is 0 Å². The van der Waals surface area contributed by atoms with Gasteiger partial charge in [0.2, 0.25) is 5.91 Å². The SMILES string of the molecule is CCOC(=O)c1ccc2c(c1)sc(=NC(=O)CSCC(=O)Nc1sc(C(=O)OCC)c(C)c1C(=O)OCC)n2CC. The van der Waals surface area contributed by atoms with Crippen molar-refractivity contribution in [3.8, 4) is 0 Å².